The molecule has 0 atom stereocenters. The van der Waals surface area contributed by atoms with Crippen LogP contribution in [0.2, 0.25) is 0 Å². The van der Waals surface area contributed by atoms with Gasteiger partial charge in [-0.1, -0.05) is 48.5 Å². The Morgan fingerprint density at radius 1 is 0.781 bits per heavy atom. The number of rotatable bonds is 6. The minimum atomic E-state index is 0.723. The van der Waals surface area contributed by atoms with Crippen LogP contribution in [0.5, 0.6) is 0 Å². The van der Waals surface area contributed by atoms with Gasteiger partial charge < -0.3 is 14.5 Å². The quantitative estimate of drug-likeness (QED) is 0.538. The van der Waals surface area contributed by atoms with Crippen LogP contribution < -0.4 is 9.80 Å². The van der Waals surface area contributed by atoms with Gasteiger partial charge in [-0.2, -0.15) is 0 Å². The summed E-state index contributed by atoms with van der Waals surface area (Å²) in [6.45, 7) is 8.61. The first-order valence-electron chi connectivity index (χ1n) is 11.3. The van der Waals surface area contributed by atoms with Gasteiger partial charge in [0.1, 0.15) is 0 Å². The zero-order chi connectivity index (χ0) is 21.8. The lowest BCUT2D eigenvalue weighted by atomic mass is 10.2. The molecule has 2 fully saturated rings. The van der Waals surface area contributed by atoms with Crippen molar-refractivity contribution in [3.8, 4) is 0 Å². The third-order valence-electron chi connectivity index (χ3n) is 6.21. The Morgan fingerprint density at radius 3 is 2.12 bits per heavy atom. The maximum absolute atomic E-state index is 5.92. The Labute approximate surface area is 194 Å². The molecule has 0 unspecified atom stereocenters. The van der Waals surface area contributed by atoms with Gasteiger partial charge in [0.05, 0.1) is 26.4 Å². The highest BCUT2D eigenvalue weighted by molar-refractivity contribution is 7.71. The Bertz CT molecular complexity index is 1050. The summed E-state index contributed by atoms with van der Waals surface area (Å²) < 4.78 is 10.5. The van der Waals surface area contributed by atoms with E-state index in [9.17, 15) is 0 Å². The maximum Gasteiger partial charge on any atom is 0.226 e. The van der Waals surface area contributed by atoms with Crippen molar-refractivity contribution in [2.75, 3.05) is 62.3 Å². The molecule has 0 spiro atoms. The molecule has 32 heavy (non-hydrogen) atoms. The molecule has 8 heteroatoms. The molecule has 0 amide bonds. The minimum absolute atomic E-state index is 0.723. The van der Waals surface area contributed by atoms with Crippen molar-refractivity contribution in [3.63, 3.8) is 0 Å². The number of para-hydroxylation sites is 1. The van der Waals surface area contributed by atoms with Crippen LogP contribution in [0.3, 0.4) is 0 Å². The molecule has 2 aliphatic rings. The van der Waals surface area contributed by atoms with E-state index in [0.717, 1.165) is 76.4 Å². The Kier molecular flexibility index (Phi) is 6.52. The number of aromatic nitrogens is 3. The Hall–Kier alpha value is -2.68. The minimum Gasteiger partial charge on any atom is -0.378 e. The SMILES string of the molecule is S=c1n(CN2CCN(c3ccccc3)CC2)nc(N2CCOCC2)n1Cc1ccccc1. The van der Waals surface area contributed by atoms with Crippen molar-refractivity contribution < 1.29 is 4.74 Å². The van der Waals surface area contributed by atoms with Crippen molar-refractivity contribution in [2.45, 2.75) is 13.2 Å². The van der Waals surface area contributed by atoms with Gasteiger partial charge in [-0.3, -0.25) is 9.47 Å². The van der Waals surface area contributed by atoms with Crippen molar-refractivity contribution >= 4 is 23.9 Å². The van der Waals surface area contributed by atoms with Crippen LogP contribution in [0, 0.1) is 4.77 Å². The molecule has 0 bridgehead atoms. The molecule has 2 aromatic carbocycles. The summed E-state index contributed by atoms with van der Waals surface area (Å²) in [6, 6.07) is 21.1. The Morgan fingerprint density at radius 2 is 1.44 bits per heavy atom. The van der Waals surface area contributed by atoms with Crippen molar-refractivity contribution in [2.24, 2.45) is 0 Å². The monoisotopic (exact) mass is 450 g/mol. The molecule has 5 rings (SSSR count). The number of ether oxygens (including phenoxy) is 1. The lowest BCUT2D eigenvalue weighted by molar-refractivity contribution is 0.121. The van der Waals surface area contributed by atoms with E-state index in [1.165, 1.54) is 11.3 Å². The van der Waals surface area contributed by atoms with Crippen molar-refractivity contribution in [1.82, 2.24) is 19.2 Å². The largest absolute Gasteiger partial charge is 0.378 e. The van der Waals surface area contributed by atoms with E-state index >= 15 is 0 Å². The molecule has 3 aromatic rings. The first-order valence-corrected chi connectivity index (χ1v) is 11.8. The summed E-state index contributed by atoms with van der Waals surface area (Å²) in [5.41, 5.74) is 2.53. The highest BCUT2D eigenvalue weighted by Gasteiger charge is 2.22. The maximum atomic E-state index is 5.92. The van der Waals surface area contributed by atoms with Gasteiger partial charge in [-0.25, -0.2) is 4.68 Å². The molecule has 3 heterocycles. The zero-order valence-electron chi connectivity index (χ0n) is 18.3. The van der Waals surface area contributed by atoms with Crippen LogP contribution in [-0.2, 0) is 18.0 Å². The predicted molar refractivity (Wildman–Crippen MR) is 130 cm³/mol. The first-order chi connectivity index (χ1) is 15.8. The number of hydrogen-bond donors (Lipinski definition) is 0. The van der Waals surface area contributed by atoms with Crippen LogP contribution in [-0.4, -0.2) is 71.7 Å². The topological polar surface area (TPSA) is 41.7 Å². The van der Waals surface area contributed by atoms with E-state index in [-0.39, 0.29) is 0 Å². The van der Waals surface area contributed by atoms with Crippen LogP contribution in [0.1, 0.15) is 5.56 Å². The van der Waals surface area contributed by atoms with E-state index in [4.69, 9.17) is 22.1 Å². The smallest absolute Gasteiger partial charge is 0.226 e. The highest BCUT2D eigenvalue weighted by atomic mass is 32.1. The molecule has 2 aliphatic heterocycles. The molecule has 168 valence electrons. The first kappa shape index (κ1) is 21.2. The molecule has 1 aromatic heterocycles. The fraction of sp³-hybridized carbons (Fsp3) is 0.417. The van der Waals surface area contributed by atoms with Gasteiger partial charge in [0.15, 0.2) is 0 Å². The lowest BCUT2D eigenvalue weighted by Gasteiger charge is -2.35. The fourth-order valence-corrected chi connectivity index (χ4v) is 4.64. The van der Waals surface area contributed by atoms with Crippen LogP contribution in [0.4, 0.5) is 11.6 Å². The number of benzene rings is 2. The summed E-state index contributed by atoms with van der Waals surface area (Å²) >= 11 is 5.92. The molecular formula is C24H30N6OS. The summed E-state index contributed by atoms with van der Waals surface area (Å²) in [6.07, 6.45) is 0. The normalized spacial score (nSPS) is 17.6. The fourth-order valence-electron chi connectivity index (χ4n) is 4.40. The molecular weight excluding hydrogens is 420 g/mol. The van der Waals surface area contributed by atoms with Gasteiger partial charge in [0.2, 0.25) is 10.7 Å². The van der Waals surface area contributed by atoms with E-state index < -0.39 is 0 Å². The van der Waals surface area contributed by atoms with Crippen molar-refractivity contribution in [3.05, 3.63) is 71.0 Å². The molecule has 0 saturated carbocycles. The number of hydrogen-bond acceptors (Lipinski definition) is 6. The third kappa shape index (κ3) is 4.72. The van der Waals surface area contributed by atoms with E-state index in [1.807, 2.05) is 10.7 Å². The average molecular weight is 451 g/mol. The highest BCUT2D eigenvalue weighted by Crippen LogP contribution is 2.19. The second kappa shape index (κ2) is 9.85. The number of piperazine rings is 1. The molecule has 2 saturated heterocycles. The van der Waals surface area contributed by atoms with E-state index in [2.05, 4.69) is 73.9 Å². The van der Waals surface area contributed by atoms with Gasteiger partial charge in [0, 0.05) is 45.0 Å². The summed E-state index contributed by atoms with van der Waals surface area (Å²) in [7, 11) is 0. The van der Waals surface area contributed by atoms with Gasteiger partial charge in [-0.15, -0.1) is 5.10 Å². The standard InChI is InChI=1S/C24H30N6OS/c32-24-29(19-21-7-3-1-4-8-21)23(28-15-17-31-18-16-28)25-30(24)20-26-11-13-27(14-12-26)22-9-5-2-6-10-22/h1-10H,11-20H2. The van der Waals surface area contributed by atoms with Crippen LogP contribution in [0.15, 0.2) is 60.7 Å². The van der Waals surface area contributed by atoms with Crippen LogP contribution in [0.25, 0.3) is 0 Å². The number of anilines is 2. The van der Waals surface area contributed by atoms with Crippen molar-refractivity contribution in [1.29, 1.82) is 0 Å². The Balaban J connectivity index is 1.33. The zero-order valence-corrected chi connectivity index (χ0v) is 19.2. The van der Waals surface area contributed by atoms with E-state index in [1.54, 1.807) is 0 Å². The summed E-state index contributed by atoms with van der Waals surface area (Å²) in [4.78, 5) is 7.19. The molecule has 0 aliphatic carbocycles. The number of morpholine rings is 1. The average Bonchev–Trinajstić information content (AvgIpc) is 3.16. The van der Waals surface area contributed by atoms with Gasteiger partial charge >= 0.3 is 0 Å². The number of nitrogens with zero attached hydrogens (tertiary/aromatic N) is 6. The van der Waals surface area contributed by atoms with E-state index in [0.29, 0.717) is 0 Å². The van der Waals surface area contributed by atoms with Gasteiger partial charge in [0.25, 0.3) is 0 Å². The molecule has 7 nitrogen and oxygen atoms in total. The lowest BCUT2D eigenvalue weighted by Crippen LogP contribution is -2.47. The van der Waals surface area contributed by atoms with Crippen LogP contribution >= 0.6 is 12.2 Å². The molecule has 0 N–H and O–H groups in total. The molecule has 0 radical (unpaired) electrons. The summed E-state index contributed by atoms with van der Waals surface area (Å²) in [5.74, 6) is 0.949. The second-order valence-corrected chi connectivity index (χ2v) is 8.70. The second-order valence-electron chi connectivity index (χ2n) is 8.34. The summed E-state index contributed by atoms with van der Waals surface area (Å²) in [5, 5.41) is 4.99. The predicted octanol–water partition coefficient (Wildman–Crippen LogP) is 3.08. The van der Waals surface area contributed by atoms with Gasteiger partial charge in [-0.05, 0) is 29.9 Å². The third-order valence-corrected chi connectivity index (χ3v) is 6.64.